The molecular formula is C8H16O3. The van der Waals surface area contributed by atoms with Gasteiger partial charge in [0.05, 0.1) is 6.61 Å². The third-order valence-corrected chi connectivity index (χ3v) is 1.33. The fourth-order valence-corrected chi connectivity index (χ4v) is 0.645. The molecule has 1 atom stereocenters. The zero-order valence-electron chi connectivity index (χ0n) is 7.17. The first-order valence-electron chi connectivity index (χ1n) is 4.03. The SMILES string of the molecule is CCCCCOC(=O)C(C)O. The third-order valence-electron chi connectivity index (χ3n) is 1.33. The highest BCUT2D eigenvalue weighted by Crippen LogP contribution is 1.95. The Morgan fingerprint density at radius 2 is 2.18 bits per heavy atom. The minimum absolute atomic E-state index is 0.428. The van der Waals surface area contributed by atoms with Crippen LogP contribution in [0.4, 0.5) is 0 Å². The summed E-state index contributed by atoms with van der Waals surface area (Å²) in [5.74, 6) is -0.527. The van der Waals surface area contributed by atoms with Crippen LogP contribution in [0.3, 0.4) is 0 Å². The Balaban J connectivity index is 3.18. The van der Waals surface area contributed by atoms with Gasteiger partial charge in [0.2, 0.25) is 0 Å². The van der Waals surface area contributed by atoms with Crippen molar-refractivity contribution in [2.45, 2.75) is 39.2 Å². The van der Waals surface area contributed by atoms with Gasteiger partial charge in [-0.1, -0.05) is 19.8 Å². The van der Waals surface area contributed by atoms with Gasteiger partial charge >= 0.3 is 5.97 Å². The molecule has 0 fully saturated rings. The van der Waals surface area contributed by atoms with E-state index in [1.807, 2.05) is 0 Å². The molecule has 3 heteroatoms. The lowest BCUT2D eigenvalue weighted by Crippen LogP contribution is -2.19. The van der Waals surface area contributed by atoms with E-state index in [-0.39, 0.29) is 0 Å². The van der Waals surface area contributed by atoms with Crippen LogP contribution in [0.5, 0.6) is 0 Å². The van der Waals surface area contributed by atoms with Crippen molar-refractivity contribution in [3.63, 3.8) is 0 Å². The zero-order valence-corrected chi connectivity index (χ0v) is 7.17. The lowest BCUT2D eigenvalue weighted by molar-refractivity contribution is -0.152. The van der Waals surface area contributed by atoms with Gasteiger partial charge in [-0.25, -0.2) is 4.79 Å². The summed E-state index contributed by atoms with van der Waals surface area (Å²) >= 11 is 0. The highest BCUT2D eigenvalue weighted by atomic mass is 16.5. The van der Waals surface area contributed by atoms with Crippen LogP contribution >= 0.6 is 0 Å². The predicted octanol–water partition coefficient (Wildman–Crippen LogP) is 1.10. The molecule has 0 aliphatic rings. The van der Waals surface area contributed by atoms with E-state index < -0.39 is 12.1 Å². The van der Waals surface area contributed by atoms with Gasteiger partial charge in [0.25, 0.3) is 0 Å². The second-order valence-corrected chi connectivity index (χ2v) is 2.55. The number of ether oxygens (including phenoxy) is 1. The van der Waals surface area contributed by atoms with Gasteiger partial charge in [0, 0.05) is 0 Å². The molecule has 0 saturated heterocycles. The molecule has 3 nitrogen and oxygen atoms in total. The first-order valence-corrected chi connectivity index (χ1v) is 4.03. The van der Waals surface area contributed by atoms with Crippen molar-refractivity contribution in [3.05, 3.63) is 0 Å². The number of hydrogen-bond donors (Lipinski definition) is 1. The fraction of sp³-hybridized carbons (Fsp3) is 0.875. The van der Waals surface area contributed by atoms with Gasteiger partial charge in [0.1, 0.15) is 6.10 Å². The van der Waals surface area contributed by atoms with Crippen molar-refractivity contribution in [2.24, 2.45) is 0 Å². The molecule has 0 amide bonds. The Hall–Kier alpha value is -0.570. The first-order chi connectivity index (χ1) is 5.18. The Labute approximate surface area is 67.4 Å². The van der Waals surface area contributed by atoms with Crippen LogP contribution in [0, 0.1) is 0 Å². The maximum Gasteiger partial charge on any atom is 0.334 e. The van der Waals surface area contributed by atoms with Crippen LogP contribution in [0.1, 0.15) is 33.1 Å². The van der Waals surface area contributed by atoms with Gasteiger partial charge in [-0.3, -0.25) is 0 Å². The van der Waals surface area contributed by atoms with Crippen molar-refractivity contribution < 1.29 is 14.6 Å². The van der Waals surface area contributed by atoms with E-state index in [2.05, 4.69) is 6.92 Å². The molecule has 1 N–H and O–H groups in total. The zero-order chi connectivity index (χ0) is 8.69. The molecule has 0 aromatic carbocycles. The van der Waals surface area contributed by atoms with Gasteiger partial charge < -0.3 is 9.84 Å². The van der Waals surface area contributed by atoms with E-state index in [0.717, 1.165) is 19.3 Å². The van der Waals surface area contributed by atoms with Crippen LogP contribution in [0.15, 0.2) is 0 Å². The van der Waals surface area contributed by atoms with Crippen LogP contribution in [0.2, 0.25) is 0 Å². The second kappa shape index (κ2) is 6.16. The van der Waals surface area contributed by atoms with E-state index >= 15 is 0 Å². The molecule has 0 rings (SSSR count). The third kappa shape index (κ3) is 5.85. The normalized spacial score (nSPS) is 12.6. The monoisotopic (exact) mass is 160 g/mol. The molecule has 0 heterocycles. The molecule has 0 aliphatic carbocycles. The topological polar surface area (TPSA) is 46.5 Å². The molecule has 0 aliphatic heterocycles. The molecule has 0 aromatic rings. The molecule has 0 saturated carbocycles. The summed E-state index contributed by atoms with van der Waals surface area (Å²) in [6.07, 6.45) is 2.06. The van der Waals surface area contributed by atoms with Gasteiger partial charge in [-0.05, 0) is 13.3 Å². The van der Waals surface area contributed by atoms with Crippen LogP contribution in [-0.2, 0) is 9.53 Å². The molecule has 66 valence electrons. The summed E-state index contributed by atoms with van der Waals surface area (Å²) in [4.78, 5) is 10.6. The van der Waals surface area contributed by atoms with E-state index in [1.165, 1.54) is 6.92 Å². The molecule has 0 bridgehead atoms. The fourth-order valence-electron chi connectivity index (χ4n) is 0.645. The summed E-state index contributed by atoms with van der Waals surface area (Å²) in [7, 11) is 0. The van der Waals surface area contributed by atoms with Crippen molar-refractivity contribution >= 4 is 5.97 Å². The number of aliphatic hydroxyl groups is 1. The average molecular weight is 160 g/mol. The van der Waals surface area contributed by atoms with Gasteiger partial charge in [0.15, 0.2) is 0 Å². The summed E-state index contributed by atoms with van der Waals surface area (Å²) in [5.41, 5.74) is 0. The smallest absolute Gasteiger partial charge is 0.334 e. The van der Waals surface area contributed by atoms with E-state index in [0.29, 0.717) is 6.61 Å². The molecule has 1 unspecified atom stereocenters. The predicted molar refractivity (Wildman–Crippen MR) is 42.2 cm³/mol. The van der Waals surface area contributed by atoms with Crippen molar-refractivity contribution in [1.82, 2.24) is 0 Å². The maximum atomic E-state index is 10.6. The van der Waals surface area contributed by atoms with Crippen LogP contribution in [-0.4, -0.2) is 23.8 Å². The Bertz CT molecular complexity index is 110. The molecule has 0 radical (unpaired) electrons. The highest BCUT2D eigenvalue weighted by Gasteiger charge is 2.08. The summed E-state index contributed by atoms with van der Waals surface area (Å²) in [5, 5.41) is 8.70. The van der Waals surface area contributed by atoms with Crippen LogP contribution in [0.25, 0.3) is 0 Å². The number of hydrogen-bond acceptors (Lipinski definition) is 3. The number of aliphatic hydroxyl groups excluding tert-OH is 1. The number of carbonyl (C=O) groups is 1. The maximum absolute atomic E-state index is 10.6. The van der Waals surface area contributed by atoms with Gasteiger partial charge in [-0.15, -0.1) is 0 Å². The summed E-state index contributed by atoms with van der Waals surface area (Å²) in [6, 6.07) is 0. The van der Waals surface area contributed by atoms with Crippen LogP contribution < -0.4 is 0 Å². The average Bonchev–Trinajstić information content (AvgIpc) is 1.97. The highest BCUT2D eigenvalue weighted by molar-refractivity contribution is 5.73. The quantitative estimate of drug-likeness (QED) is 0.484. The van der Waals surface area contributed by atoms with E-state index in [1.54, 1.807) is 0 Å². The number of esters is 1. The van der Waals surface area contributed by atoms with Crippen molar-refractivity contribution in [3.8, 4) is 0 Å². The molecule has 0 aromatic heterocycles. The number of rotatable bonds is 5. The minimum atomic E-state index is -0.989. The van der Waals surface area contributed by atoms with Crippen molar-refractivity contribution in [1.29, 1.82) is 0 Å². The Morgan fingerprint density at radius 3 is 2.64 bits per heavy atom. The standard InChI is InChI=1S/C8H16O3/c1-3-4-5-6-11-8(10)7(2)9/h7,9H,3-6H2,1-2H3. The minimum Gasteiger partial charge on any atom is -0.464 e. The van der Waals surface area contributed by atoms with Gasteiger partial charge in [-0.2, -0.15) is 0 Å². The summed E-state index contributed by atoms with van der Waals surface area (Å²) in [6.45, 7) is 3.91. The first kappa shape index (κ1) is 10.4. The molecular weight excluding hydrogens is 144 g/mol. The largest absolute Gasteiger partial charge is 0.464 e. The Morgan fingerprint density at radius 1 is 1.55 bits per heavy atom. The molecule has 11 heavy (non-hydrogen) atoms. The Kier molecular flexibility index (Phi) is 5.84. The van der Waals surface area contributed by atoms with E-state index in [4.69, 9.17) is 9.84 Å². The lowest BCUT2D eigenvalue weighted by Gasteiger charge is -2.04. The van der Waals surface area contributed by atoms with Crippen molar-refractivity contribution in [2.75, 3.05) is 6.61 Å². The molecule has 0 spiro atoms. The second-order valence-electron chi connectivity index (χ2n) is 2.55. The lowest BCUT2D eigenvalue weighted by atomic mass is 10.3. The summed E-state index contributed by atoms with van der Waals surface area (Å²) < 4.78 is 4.72. The number of carbonyl (C=O) groups excluding carboxylic acids is 1. The number of unbranched alkanes of at least 4 members (excludes halogenated alkanes) is 2. The van der Waals surface area contributed by atoms with E-state index in [9.17, 15) is 4.79 Å².